The Morgan fingerprint density at radius 1 is 0.490 bits per heavy atom. The van der Waals surface area contributed by atoms with Gasteiger partial charge in [0, 0.05) is 55.8 Å². The largest absolute Gasteiger partial charge is 0.502 e. The van der Waals surface area contributed by atoms with Crippen molar-refractivity contribution >= 4 is 51.6 Å². The molecule has 0 saturated heterocycles. The molecule has 0 unspecified atom stereocenters. The fourth-order valence-electron chi connectivity index (χ4n) is 6.30. The van der Waals surface area contributed by atoms with Crippen molar-refractivity contribution in [2.24, 2.45) is 0 Å². The first-order valence-electron chi connectivity index (χ1n) is 16.7. The standard InChI is InChI=1S/C28H24N6.C13H11N3.Ir/c1-3-11-23(12-4-1)33-21-31(25-15-9-17-29-27(25)33)19-7-8-20-32-22-34(24-13-5-2-6-14-24)28-26(32)16-10-18-30-28;1-15-10-16(11-6-3-2-4-7-11)13-12(15)8-5-9-14-13;/h1-6,9-11,13,15-18,21-22H,7-8,19-20H2;2-6,8-10H,1H3;/q-4;-2;. The minimum absolute atomic E-state index is 0. The van der Waals surface area contributed by atoms with Crippen LogP contribution in [-0.4, -0.2) is 35.1 Å². The van der Waals surface area contributed by atoms with Gasteiger partial charge in [-0.3, -0.25) is 0 Å². The van der Waals surface area contributed by atoms with Gasteiger partial charge in [-0.2, -0.15) is 111 Å². The molecular formula is C41H35IrN9-6. The Kier molecular flexibility index (Phi) is 10.4. The van der Waals surface area contributed by atoms with Crippen LogP contribution in [-0.2, 0) is 20.1 Å². The number of nitrogens with zero attached hydrogens (tertiary/aromatic N) is 9. The first-order valence-corrected chi connectivity index (χ1v) is 16.7. The van der Waals surface area contributed by atoms with Gasteiger partial charge in [-0.25, -0.2) is 15.0 Å². The fraction of sp³-hybridized carbons (Fsp3) is 0.122. The Morgan fingerprint density at radius 2 is 0.882 bits per heavy atom. The Bertz CT molecular complexity index is 1920. The fourth-order valence-corrected chi connectivity index (χ4v) is 6.30. The van der Waals surface area contributed by atoms with Crippen molar-refractivity contribution < 1.29 is 20.1 Å². The van der Waals surface area contributed by atoms with Crippen molar-refractivity contribution in [3.05, 3.63) is 166 Å². The Morgan fingerprint density at radius 3 is 1.29 bits per heavy atom. The number of aromatic nitrogens is 3. The third kappa shape index (κ3) is 7.11. The smallest absolute Gasteiger partial charge is 0.124 e. The van der Waals surface area contributed by atoms with Crippen LogP contribution in [0.2, 0.25) is 0 Å². The number of fused-ring (bicyclic) bond motifs is 3. The summed E-state index contributed by atoms with van der Waals surface area (Å²) in [4.78, 5) is 26.5. The van der Waals surface area contributed by atoms with Gasteiger partial charge in [0.2, 0.25) is 0 Å². The average molecular weight is 846 g/mol. The third-order valence-corrected chi connectivity index (χ3v) is 8.68. The van der Waals surface area contributed by atoms with Crippen LogP contribution in [0.15, 0.2) is 128 Å². The van der Waals surface area contributed by atoms with E-state index in [9.17, 15) is 0 Å². The normalized spacial score (nSPS) is 14.1. The van der Waals surface area contributed by atoms with Crippen LogP contribution in [0.5, 0.6) is 0 Å². The maximum Gasteiger partial charge on any atom is 0.124 e. The number of anilines is 9. The van der Waals surface area contributed by atoms with E-state index < -0.39 is 0 Å². The van der Waals surface area contributed by atoms with Gasteiger partial charge in [-0.1, -0.05) is 0 Å². The summed E-state index contributed by atoms with van der Waals surface area (Å²) in [5.74, 6) is 2.85. The summed E-state index contributed by atoms with van der Waals surface area (Å²) < 4.78 is 0. The Labute approximate surface area is 313 Å². The molecule has 6 aromatic rings. The van der Waals surface area contributed by atoms with E-state index in [0.29, 0.717) is 0 Å². The van der Waals surface area contributed by atoms with Crippen LogP contribution >= 0.6 is 0 Å². The van der Waals surface area contributed by atoms with Gasteiger partial charge >= 0.3 is 0 Å². The Hall–Kier alpha value is -5.44. The molecule has 0 fully saturated rings. The predicted molar refractivity (Wildman–Crippen MR) is 200 cm³/mol. The molecule has 0 bridgehead atoms. The van der Waals surface area contributed by atoms with Crippen LogP contribution < -0.4 is 29.4 Å². The summed E-state index contributed by atoms with van der Waals surface area (Å²) in [5.41, 5.74) is 6.38. The number of hydrogen-bond donors (Lipinski definition) is 0. The summed E-state index contributed by atoms with van der Waals surface area (Å²) in [6.07, 6.45) is 7.60. The molecule has 10 heteroatoms. The summed E-state index contributed by atoms with van der Waals surface area (Å²) in [6.45, 7) is 8.14. The van der Waals surface area contributed by atoms with Gasteiger partial charge < -0.3 is 29.4 Å². The molecule has 0 N–H and O–H groups in total. The molecule has 0 atom stereocenters. The monoisotopic (exact) mass is 846 g/mol. The molecule has 9 nitrogen and oxygen atoms in total. The van der Waals surface area contributed by atoms with E-state index >= 15 is 0 Å². The van der Waals surface area contributed by atoms with Crippen molar-refractivity contribution in [2.75, 3.05) is 49.5 Å². The zero-order valence-electron chi connectivity index (χ0n) is 28.0. The Balaban J connectivity index is 0.000000200. The topological polar surface area (TPSA) is 58.1 Å². The molecule has 51 heavy (non-hydrogen) atoms. The van der Waals surface area contributed by atoms with Crippen molar-refractivity contribution in [1.82, 2.24) is 15.0 Å². The van der Waals surface area contributed by atoms with Crippen molar-refractivity contribution in [1.29, 1.82) is 0 Å². The van der Waals surface area contributed by atoms with Gasteiger partial charge in [0.05, 0.1) is 0 Å². The summed E-state index contributed by atoms with van der Waals surface area (Å²) >= 11 is 0. The molecule has 0 amide bonds. The quantitative estimate of drug-likeness (QED) is 0.111. The van der Waals surface area contributed by atoms with E-state index in [1.54, 1.807) is 0 Å². The zero-order valence-corrected chi connectivity index (χ0v) is 30.4. The number of benzene rings is 3. The van der Waals surface area contributed by atoms with Crippen molar-refractivity contribution in [2.45, 2.75) is 12.8 Å². The molecule has 6 heterocycles. The summed E-state index contributed by atoms with van der Waals surface area (Å²) in [7, 11) is 2.02. The van der Waals surface area contributed by atoms with Gasteiger partial charge in [0.25, 0.3) is 0 Å². The summed E-state index contributed by atoms with van der Waals surface area (Å²) in [5, 5.41) is 0. The second kappa shape index (κ2) is 15.6. The van der Waals surface area contributed by atoms with E-state index in [1.165, 1.54) is 0 Å². The maximum atomic E-state index is 4.63. The molecule has 3 aliphatic heterocycles. The number of unbranched alkanes of at least 4 members (excludes halogenated alkanes) is 1. The first kappa shape index (κ1) is 34.0. The second-order valence-electron chi connectivity index (χ2n) is 11.9. The minimum Gasteiger partial charge on any atom is -0.502 e. The molecule has 0 saturated carbocycles. The average Bonchev–Trinajstić information content (AvgIpc) is 3.86. The van der Waals surface area contributed by atoms with E-state index in [1.807, 2.05) is 116 Å². The molecule has 0 aliphatic carbocycles. The SMILES string of the molecule is CN1[CH-]N(c2[c-]cccc2)c2ncccc21.[Ir].[c-]1ccccc1N1[CH-]N(CCCCN2[CH-]N(c3[c-]cccc3)c3ncccc32)c2cccnc21. The molecular weight excluding hydrogens is 811 g/mol. The first-order chi connectivity index (χ1) is 24.7. The van der Waals surface area contributed by atoms with Crippen LogP contribution in [0, 0.1) is 38.2 Å². The number of para-hydroxylation sites is 3. The van der Waals surface area contributed by atoms with Crippen molar-refractivity contribution in [3.63, 3.8) is 0 Å². The minimum atomic E-state index is 0. The van der Waals surface area contributed by atoms with Gasteiger partial charge in [0.1, 0.15) is 17.5 Å². The molecule has 0 spiro atoms. The van der Waals surface area contributed by atoms with E-state index in [4.69, 9.17) is 0 Å². The van der Waals surface area contributed by atoms with Gasteiger partial charge in [-0.05, 0) is 69.4 Å². The molecule has 3 aromatic heterocycles. The third-order valence-electron chi connectivity index (χ3n) is 8.68. The molecule has 9 rings (SSSR count). The predicted octanol–water partition coefficient (Wildman–Crippen LogP) is 8.30. The molecule has 1 radical (unpaired) electrons. The molecule has 259 valence electrons. The van der Waals surface area contributed by atoms with Crippen LogP contribution in [0.4, 0.5) is 51.6 Å². The van der Waals surface area contributed by atoms with E-state index in [0.717, 1.165) is 77.5 Å². The van der Waals surface area contributed by atoms with E-state index in [-0.39, 0.29) is 20.1 Å². The number of hydrogen-bond acceptors (Lipinski definition) is 9. The van der Waals surface area contributed by atoms with E-state index in [2.05, 4.69) is 101 Å². The van der Waals surface area contributed by atoms with Crippen molar-refractivity contribution in [3.8, 4) is 0 Å². The number of rotatable bonds is 8. The zero-order chi connectivity index (χ0) is 33.7. The molecule has 3 aliphatic rings. The second-order valence-corrected chi connectivity index (χ2v) is 11.9. The van der Waals surface area contributed by atoms with Crippen LogP contribution in [0.1, 0.15) is 12.8 Å². The summed E-state index contributed by atoms with van der Waals surface area (Å²) in [6, 6.07) is 46.0. The van der Waals surface area contributed by atoms with Crippen LogP contribution in [0.3, 0.4) is 0 Å². The van der Waals surface area contributed by atoms with Crippen LogP contribution in [0.25, 0.3) is 0 Å². The number of pyridine rings is 3. The van der Waals surface area contributed by atoms with Gasteiger partial charge in [0.15, 0.2) is 0 Å². The molecule has 3 aromatic carbocycles. The van der Waals surface area contributed by atoms with Gasteiger partial charge in [-0.15, -0.1) is 17.1 Å². The maximum absolute atomic E-state index is 4.63.